The summed E-state index contributed by atoms with van der Waals surface area (Å²) in [5, 5.41) is 2.96. The summed E-state index contributed by atoms with van der Waals surface area (Å²) >= 11 is 0. The molecule has 39 heavy (non-hydrogen) atoms. The van der Waals surface area contributed by atoms with Crippen LogP contribution < -0.4 is 9.62 Å². The van der Waals surface area contributed by atoms with Crippen LogP contribution in [0.3, 0.4) is 0 Å². The van der Waals surface area contributed by atoms with Crippen molar-refractivity contribution in [1.29, 1.82) is 0 Å². The number of amides is 2. The van der Waals surface area contributed by atoms with Gasteiger partial charge in [0, 0.05) is 12.6 Å². The maximum Gasteiger partial charge on any atom is 0.264 e. The SMILES string of the molecule is CC[C@H](C(=O)N[C@@H](C)CC)N(Cc1cccc(C)c1)C(=O)CN(c1ccccc1)S(=O)(=O)c1ccc(F)cc1. The fraction of sp³-hybridized carbons (Fsp3) is 0.333. The minimum Gasteiger partial charge on any atom is -0.352 e. The van der Waals surface area contributed by atoms with Gasteiger partial charge in [-0.05, 0) is 68.7 Å². The van der Waals surface area contributed by atoms with Crippen molar-refractivity contribution in [1.82, 2.24) is 10.2 Å². The molecule has 208 valence electrons. The molecule has 2 amide bonds. The number of rotatable bonds is 12. The van der Waals surface area contributed by atoms with E-state index in [0.29, 0.717) is 6.42 Å². The predicted octanol–water partition coefficient (Wildman–Crippen LogP) is 5.05. The average Bonchev–Trinajstić information content (AvgIpc) is 2.92. The molecule has 0 bridgehead atoms. The standard InChI is InChI=1S/C30H36FN3O4S/c1-5-23(4)32-30(36)28(6-2)33(20-24-12-10-11-22(3)19-24)29(35)21-34(26-13-8-7-9-14-26)39(37,38)27-17-15-25(31)16-18-27/h7-19,23,28H,5-6,20-21H2,1-4H3,(H,32,36)/t23-,28+/m0/s1. The number of anilines is 1. The first-order valence-corrected chi connectivity index (χ1v) is 14.5. The van der Waals surface area contributed by atoms with Crippen molar-refractivity contribution in [2.45, 2.75) is 64.1 Å². The third-order valence-electron chi connectivity index (χ3n) is 6.55. The van der Waals surface area contributed by atoms with E-state index in [1.807, 2.05) is 52.0 Å². The van der Waals surface area contributed by atoms with Crippen LogP contribution >= 0.6 is 0 Å². The summed E-state index contributed by atoms with van der Waals surface area (Å²) in [6, 6.07) is 19.5. The first kappa shape index (κ1) is 29.8. The Morgan fingerprint density at radius 3 is 2.18 bits per heavy atom. The van der Waals surface area contributed by atoms with Crippen LogP contribution in [-0.2, 0) is 26.2 Å². The Morgan fingerprint density at radius 2 is 1.59 bits per heavy atom. The average molecular weight is 554 g/mol. The largest absolute Gasteiger partial charge is 0.352 e. The van der Waals surface area contributed by atoms with E-state index in [-0.39, 0.29) is 29.1 Å². The Labute approximate surface area is 230 Å². The molecular formula is C30H36FN3O4S. The first-order valence-electron chi connectivity index (χ1n) is 13.1. The van der Waals surface area contributed by atoms with Crippen LogP contribution in [0.2, 0.25) is 0 Å². The van der Waals surface area contributed by atoms with Crippen molar-refractivity contribution >= 4 is 27.5 Å². The third kappa shape index (κ3) is 7.66. The summed E-state index contributed by atoms with van der Waals surface area (Å²) in [7, 11) is -4.24. The Morgan fingerprint density at radius 1 is 0.923 bits per heavy atom. The topological polar surface area (TPSA) is 86.8 Å². The van der Waals surface area contributed by atoms with Gasteiger partial charge in [-0.15, -0.1) is 0 Å². The Balaban J connectivity index is 2.03. The van der Waals surface area contributed by atoms with Crippen LogP contribution in [0.4, 0.5) is 10.1 Å². The van der Waals surface area contributed by atoms with Crippen LogP contribution in [0.1, 0.15) is 44.7 Å². The molecule has 7 nitrogen and oxygen atoms in total. The highest BCUT2D eigenvalue weighted by Crippen LogP contribution is 2.25. The Bertz CT molecular complexity index is 1360. The van der Waals surface area contributed by atoms with Gasteiger partial charge in [0.2, 0.25) is 11.8 Å². The fourth-order valence-corrected chi connectivity index (χ4v) is 5.64. The second-order valence-corrected chi connectivity index (χ2v) is 11.4. The number of hydrogen-bond acceptors (Lipinski definition) is 4. The van der Waals surface area contributed by atoms with Crippen molar-refractivity contribution in [3.05, 3.63) is 95.8 Å². The molecule has 2 atom stereocenters. The summed E-state index contributed by atoms with van der Waals surface area (Å²) in [5.41, 5.74) is 2.11. The zero-order chi connectivity index (χ0) is 28.6. The van der Waals surface area contributed by atoms with Gasteiger partial charge in [-0.1, -0.05) is 61.9 Å². The smallest absolute Gasteiger partial charge is 0.264 e. The van der Waals surface area contributed by atoms with Crippen LogP contribution in [-0.4, -0.2) is 43.8 Å². The molecule has 0 heterocycles. The lowest BCUT2D eigenvalue weighted by Gasteiger charge is -2.33. The maximum atomic E-state index is 14.0. The molecule has 9 heteroatoms. The summed E-state index contributed by atoms with van der Waals surface area (Å²) in [6.07, 6.45) is 1.07. The van der Waals surface area contributed by atoms with E-state index in [0.717, 1.165) is 34.0 Å². The van der Waals surface area contributed by atoms with E-state index in [2.05, 4.69) is 5.32 Å². The van der Waals surface area contributed by atoms with E-state index in [4.69, 9.17) is 0 Å². The van der Waals surface area contributed by atoms with E-state index in [1.165, 1.54) is 17.0 Å². The highest BCUT2D eigenvalue weighted by molar-refractivity contribution is 7.92. The second kappa shape index (κ2) is 13.4. The van der Waals surface area contributed by atoms with Gasteiger partial charge in [0.05, 0.1) is 10.6 Å². The quantitative estimate of drug-likeness (QED) is 0.340. The molecule has 0 aromatic heterocycles. The van der Waals surface area contributed by atoms with E-state index < -0.39 is 34.3 Å². The number of benzene rings is 3. The molecule has 0 unspecified atom stereocenters. The summed E-state index contributed by atoms with van der Waals surface area (Å²) < 4.78 is 42.0. The molecule has 0 saturated heterocycles. The number of hydrogen-bond donors (Lipinski definition) is 1. The molecule has 0 aliphatic heterocycles. The molecule has 0 spiro atoms. The monoisotopic (exact) mass is 553 g/mol. The molecule has 0 fully saturated rings. The summed E-state index contributed by atoms with van der Waals surface area (Å²) in [4.78, 5) is 28.6. The van der Waals surface area contributed by atoms with Crippen LogP contribution in [0, 0.1) is 12.7 Å². The molecule has 3 aromatic rings. The van der Waals surface area contributed by atoms with Crippen molar-refractivity contribution in [2.24, 2.45) is 0 Å². The Hall–Kier alpha value is -3.72. The maximum absolute atomic E-state index is 14.0. The molecule has 1 N–H and O–H groups in total. The first-order chi connectivity index (χ1) is 18.6. The lowest BCUT2D eigenvalue weighted by atomic mass is 10.1. The van der Waals surface area contributed by atoms with Crippen LogP contribution in [0.5, 0.6) is 0 Å². The van der Waals surface area contributed by atoms with Crippen molar-refractivity contribution in [2.75, 3.05) is 10.8 Å². The fourth-order valence-electron chi connectivity index (χ4n) is 4.22. The van der Waals surface area contributed by atoms with Gasteiger partial charge < -0.3 is 10.2 Å². The van der Waals surface area contributed by atoms with Gasteiger partial charge in [-0.2, -0.15) is 0 Å². The highest BCUT2D eigenvalue weighted by atomic mass is 32.2. The molecule has 0 saturated carbocycles. The van der Waals surface area contributed by atoms with Gasteiger partial charge in [0.15, 0.2) is 0 Å². The van der Waals surface area contributed by atoms with Gasteiger partial charge >= 0.3 is 0 Å². The minimum absolute atomic E-state index is 0.0813. The molecule has 0 aliphatic rings. The number of nitrogens with one attached hydrogen (secondary N) is 1. The molecule has 0 aliphatic carbocycles. The van der Waals surface area contributed by atoms with Gasteiger partial charge in [0.1, 0.15) is 18.4 Å². The number of halogens is 1. The predicted molar refractivity (Wildman–Crippen MR) is 151 cm³/mol. The van der Waals surface area contributed by atoms with Gasteiger partial charge in [0.25, 0.3) is 10.0 Å². The molecule has 3 aromatic carbocycles. The van der Waals surface area contributed by atoms with Crippen molar-refractivity contribution < 1.29 is 22.4 Å². The van der Waals surface area contributed by atoms with Crippen molar-refractivity contribution in [3.8, 4) is 0 Å². The number of carbonyl (C=O) groups excluding carboxylic acids is 2. The Kier molecular flexibility index (Phi) is 10.2. The summed E-state index contributed by atoms with van der Waals surface area (Å²) in [6.45, 7) is 7.20. The molecule has 0 radical (unpaired) electrons. The van der Waals surface area contributed by atoms with Gasteiger partial charge in [-0.25, -0.2) is 12.8 Å². The van der Waals surface area contributed by atoms with Crippen LogP contribution in [0.25, 0.3) is 0 Å². The number of carbonyl (C=O) groups is 2. The minimum atomic E-state index is -4.24. The van der Waals surface area contributed by atoms with Gasteiger partial charge in [-0.3, -0.25) is 13.9 Å². The van der Waals surface area contributed by atoms with Crippen LogP contribution in [0.15, 0.2) is 83.8 Å². The number of nitrogens with zero attached hydrogens (tertiary/aromatic N) is 2. The van der Waals surface area contributed by atoms with E-state index in [1.54, 1.807) is 30.3 Å². The molecular weight excluding hydrogens is 517 g/mol. The van der Waals surface area contributed by atoms with E-state index >= 15 is 0 Å². The third-order valence-corrected chi connectivity index (χ3v) is 8.34. The zero-order valence-corrected chi connectivity index (χ0v) is 23.6. The molecule has 3 rings (SSSR count). The normalized spacial score (nSPS) is 12.8. The van der Waals surface area contributed by atoms with Crippen molar-refractivity contribution in [3.63, 3.8) is 0 Å². The summed E-state index contributed by atoms with van der Waals surface area (Å²) in [5.74, 6) is -1.39. The number of sulfonamides is 1. The van der Waals surface area contributed by atoms with E-state index in [9.17, 15) is 22.4 Å². The lowest BCUT2D eigenvalue weighted by molar-refractivity contribution is -0.140. The number of para-hydroxylation sites is 1. The lowest BCUT2D eigenvalue weighted by Crippen LogP contribution is -2.53. The highest BCUT2D eigenvalue weighted by Gasteiger charge is 2.34. The zero-order valence-electron chi connectivity index (χ0n) is 22.8. The second-order valence-electron chi connectivity index (χ2n) is 9.55. The number of aryl methyl sites for hydroxylation is 1.